The second kappa shape index (κ2) is 4.79. The zero-order valence-corrected chi connectivity index (χ0v) is 11.9. The van der Waals surface area contributed by atoms with Crippen molar-refractivity contribution in [1.29, 1.82) is 0 Å². The van der Waals surface area contributed by atoms with E-state index in [1.807, 2.05) is 6.92 Å². The van der Waals surface area contributed by atoms with Crippen LogP contribution < -0.4 is 10.5 Å². The Kier molecular flexibility index (Phi) is 3.52. The van der Waals surface area contributed by atoms with E-state index in [-0.39, 0.29) is 4.21 Å². The Labute approximate surface area is 114 Å². The van der Waals surface area contributed by atoms with Gasteiger partial charge in [-0.2, -0.15) is 0 Å². The molecule has 0 atom stereocenters. The summed E-state index contributed by atoms with van der Waals surface area (Å²) in [6, 6.07) is 6.41. The minimum atomic E-state index is -3.59. The molecule has 96 valence electrons. The van der Waals surface area contributed by atoms with E-state index in [0.29, 0.717) is 16.4 Å². The second-order valence-corrected chi connectivity index (χ2v) is 7.00. The number of benzene rings is 1. The molecule has 0 aliphatic carbocycles. The average molecular weight is 303 g/mol. The Morgan fingerprint density at radius 3 is 2.61 bits per heavy atom. The summed E-state index contributed by atoms with van der Waals surface area (Å²) >= 11 is 7.02. The molecular weight excluding hydrogens is 292 g/mol. The summed E-state index contributed by atoms with van der Waals surface area (Å²) in [7, 11) is -3.59. The first-order valence-electron chi connectivity index (χ1n) is 5.01. The fourth-order valence-corrected chi connectivity index (χ4v) is 3.64. The smallest absolute Gasteiger partial charge is 0.271 e. The van der Waals surface area contributed by atoms with E-state index in [1.165, 1.54) is 6.07 Å². The van der Waals surface area contributed by atoms with Crippen molar-refractivity contribution in [1.82, 2.24) is 0 Å². The van der Waals surface area contributed by atoms with E-state index in [4.69, 9.17) is 17.3 Å². The number of anilines is 2. The number of halogens is 1. The van der Waals surface area contributed by atoms with Crippen LogP contribution in [0, 0.1) is 6.92 Å². The molecule has 1 aromatic carbocycles. The first-order chi connectivity index (χ1) is 8.38. The second-order valence-electron chi connectivity index (χ2n) is 3.77. The number of sulfonamides is 1. The molecule has 3 N–H and O–H groups in total. The molecule has 2 rings (SSSR count). The fourth-order valence-electron chi connectivity index (χ4n) is 1.33. The van der Waals surface area contributed by atoms with Crippen LogP contribution >= 0.6 is 22.9 Å². The van der Waals surface area contributed by atoms with Crippen molar-refractivity contribution in [2.75, 3.05) is 10.5 Å². The Bertz CT molecular complexity index is 680. The molecule has 0 amide bonds. The molecule has 0 aliphatic rings. The van der Waals surface area contributed by atoms with Crippen molar-refractivity contribution >= 4 is 44.3 Å². The third kappa shape index (κ3) is 2.77. The largest absolute Gasteiger partial charge is 0.398 e. The third-order valence-corrected chi connectivity index (χ3v) is 5.53. The molecule has 0 bridgehead atoms. The standard InChI is InChI=1S/C11H11ClN2O2S2/c1-7-2-3-9(5-10(7)12)14-18(15,16)11-4-8(13)6-17-11/h2-6,14H,13H2,1H3. The van der Waals surface area contributed by atoms with Crippen LogP contribution in [-0.4, -0.2) is 8.42 Å². The van der Waals surface area contributed by atoms with E-state index in [9.17, 15) is 8.42 Å². The van der Waals surface area contributed by atoms with Gasteiger partial charge >= 0.3 is 0 Å². The lowest BCUT2D eigenvalue weighted by Crippen LogP contribution is -2.11. The molecule has 0 saturated carbocycles. The topological polar surface area (TPSA) is 72.2 Å². The van der Waals surface area contributed by atoms with Crippen molar-refractivity contribution in [3.8, 4) is 0 Å². The van der Waals surface area contributed by atoms with E-state index >= 15 is 0 Å². The Balaban J connectivity index is 2.30. The maximum absolute atomic E-state index is 12.0. The molecule has 0 saturated heterocycles. The van der Waals surface area contributed by atoms with Crippen molar-refractivity contribution in [3.63, 3.8) is 0 Å². The molecule has 0 fully saturated rings. The Morgan fingerprint density at radius 1 is 1.33 bits per heavy atom. The number of rotatable bonds is 3. The molecule has 2 aromatic rings. The number of thiophene rings is 1. The van der Waals surface area contributed by atoms with E-state index < -0.39 is 10.0 Å². The van der Waals surface area contributed by atoms with Gasteiger partial charge in [-0.25, -0.2) is 8.42 Å². The zero-order valence-electron chi connectivity index (χ0n) is 9.48. The summed E-state index contributed by atoms with van der Waals surface area (Å²) < 4.78 is 26.7. The number of nitrogens with one attached hydrogen (secondary N) is 1. The summed E-state index contributed by atoms with van der Waals surface area (Å²) in [5.41, 5.74) is 7.26. The highest BCUT2D eigenvalue weighted by atomic mass is 35.5. The molecule has 1 aromatic heterocycles. The van der Waals surface area contributed by atoms with Crippen LogP contribution in [0.25, 0.3) is 0 Å². The van der Waals surface area contributed by atoms with Crippen LogP contribution in [0.4, 0.5) is 11.4 Å². The lowest BCUT2D eigenvalue weighted by molar-refractivity contribution is 0.603. The highest BCUT2D eigenvalue weighted by Gasteiger charge is 2.16. The van der Waals surface area contributed by atoms with Gasteiger partial charge in [-0.3, -0.25) is 4.72 Å². The van der Waals surface area contributed by atoms with Crippen LogP contribution in [0.15, 0.2) is 33.9 Å². The van der Waals surface area contributed by atoms with Gasteiger partial charge in [-0.1, -0.05) is 17.7 Å². The molecule has 1 heterocycles. The minimum Gasteiger partial charge on any atom is -0.398 e. The highest BCUT2D eigenvalue weighted by Crippen LogP contribution is 2.26. The lowest BCUT2D eigenvalue weighted by atomic mass is 10.2. The van der Waals surface area contributed by atoms with Gasteiger partial charge in [-0.15, -0.1) is 11.3 Å². The third-order valence-electron chi connectivity index (χ3n) is 2.28. The molecule has 0 radical (unpaired) electrons. The van der Waals surface area contributed by atoms with E-state index in [2.05, 4.69) is 4.72 Å². The average Bonchev–Trinajstić information content (AvgIpc) is 2.71. The quantitative estimate of drug-likeness (QED) is 0.915. The molecule has 4 nitrogen and oxygen atoms in total. The first-order valence-corrected chi connectivity index (χ1v) is 7.75. The highest BCUT2D eigenvalue weighted by molar-refractivity contribution is 7.94. The number of hydrogen-bond acceptors (Lipinski definition) is 4. The summed E-state index contributed by atoms with van der Waals surface area (Å²) in [4.78, 5) is 0. The molecular formula is C11H11ClN2O2S2. The van der Waals surface area contributed by atoms with Gasteiger partial charge < -0.3 is 5.73 Å². The van der Waals surface area contributed by atoms with Crippen LogP contribution in [0.1, 0.15) is 5.56 Å². The number of hydrogen-bond donors (Lipinski definition) is 2. The number of nitrogens with two attached hydrogens (primary N) is 1. The van der Waals surface area contributed by atoms with Gasteiger partial charge in [0.05, 0.1) is 5.69 Å². The van der Waals surface area contributed by atoms with Gasteiger partial charge in [0.25, 0.3) is 10.0 Å². The van der Waals surface area contributed by atoms with Crippen LogP contribution in [0.3, 0.4) is 0 Å². The van der Waals surface area contributed by atoms with Gasteiger partial charge in [0.1, 0.15) is 4.21 Å². The van der Waals surface area contributed by atoms with Gasteiger partial charge in [0, 0.05) is 16.1 Å². The van der Waals surface area contributed by atoms with Crippen LogP contribution in [0.5, 0.6) is 0 Å². The monoisotopic (exact) mass is 302 g/mol. The SMILES string of the molecule is Cc1ccc(NS(=O)(=O)c2cc(N)cs2)cc1Cl. The van der Waals surface area contributed by atoms with E-state index in [0.717, 1.165) is 16.9 Å². The van der Waals surface area contributed by atoms with Crippen molar-refractivity contribution in [3.05, 3.63) is 40.2 Å². The summed E-state index contributed by atoms with van der Waals surface area (Å²) in [5, 5.41) is 2.09. The van der Waals surface area contributed by atoms with Crippen molar-refractivity contribution in [2.24, 2.45) is 0 Å². The van der Waals surface area contributed by atoms with Gasteiger partial charge in [-0.05, 0) is 30.7 Å². The first kappa shape index (κ1) is 13.2. The predicted octanol–water partition coefficient (Wildman–Crippen LogP) is 3.09. The summed E-state index contributed by atoms with van der Waals surface area (Å²) in [5.74, 6) is 0. The maximum Gasteiger partial charge on any atom is 0.271 e. The number of nitrogen functional groups attached to an aromatic ring is 1. The molecule has 0 unspecified atom stereocenters. The molecule has 0 aliphatic heterocycles. The van der Waals surface area contributed by atoms with E-state index in [1.54, 1.807) is 23.6 Å². The van der Waals surface area contributed by atoms with Crippen molar-refractivity contribution < 1.29 is 8.42 Å². The minimum absolute atomic E-state index is 0.177. The lowest BCUT2D eigenvalue weighted by Gasteiger charge is -2.07. The van der Waals surface area contributed by atoms with Gasteiger partial charge in [0.2, 0.25) is 0 Å². The Morgan fingerprint density at radius 2 is 2.06 bits per heavy atom. The molecule has 0 spiro atoms. The Hall–Kier alpha value is -1.24. The normalized spacial score (nSPS) is 11.4. The fraction of sp³-hybridized carbons (Fsp3) is 0.0909. The summed E-state index contributed by atoms with van der Waals surface area (Å²) in [6.07, 6.45) is 0. The predicted molar refractivity (Wildman–Crippen MR) is 75.7 cm³/mol. The number of aryl methyl sites for hydroxylation is 1. The van der Waals surface area contributed by atoms with Crippen LogP contribution in [-0.2, 0) is 10.0 Å². The van der Waals surface area contributed by atoms with Crippen molar-refractivity contribution in [2.45, 2.75) is 11.1 Å². The molecule has 7 heteroatoms. The van der Waals surface area contributed by atoms with Gasteiger partial charge in [0.15, 0.2) is 0 Å². The molecule has 18 heavy (non-hydrogen) atoms. The van der Waals surface area contributed by atoms with Crippen LogP contribution in [0.2, 0.25) is 5.02 Å². The maximum atomic E-state index is 12.0. The summed E-state index contributed by atoms with van der Waals surface area (Å²) in [6.45, 7) is 1.85. The zero-order chi connectivity index (χ0) is 13.3.